The van der Waals surface area contributed by atoms with E-state index in [4.69, 9.17) is 9.47 Å². The van der Waals surface area contributed by atoms with Crippen LogP contribution in [0.2, 0.25) is 0 Å². The van der Waals surface area contributed by atoms with Crippen molar-refractivity contribution in [1.29, 1.82) is 0 Å². The van der Waals surface area contributed by atoms with Gasteiger partial charge in [-0.05, 0) is 24.3 Å². The third kappa shape index (κ3) is 3.50. The maximum absolute atomic E-state index is 12.9. The summed E-state index contributed by atoms with van der Waals surface area (Å²) in [4.78, 5) is 29.7. The van der Waals surface area contributed by atoms with E-state index >= 15 is 0 Å². The summed E-state index contributed by atoms with van der Waals surface area (Å²) >= 11 is 1.28. The molecule has 0 aliphatic rings. The summed E-state index contributed by atoms with van der Waals surface area (Å²) in [5.74, 6) is 0.871. The highest BCUT2D eigenvalue weighted by atomic mass is 32.1. The predicted octanol–water partition coefficient (Wildman–Crippen LogP) is 3.33. The average Bonchev–Trinajstić information content (AvgIpc) is 3.24. The molecule has 4 aromatic rings. The van der Waals surface area contributed by atoms with Crippen LogP contribution in [0.25, 0.3) is 22.0 Å². The number of carbonyl (C=O) groups excluding carboxylic acids is 1. The van der Waals surface area contributed by atoms with E-state index in [1.54, 1.807) is 50.6 Å². The van der Waals surface area contributed by atoms with Gasteiger partial charge >= 0.3 is 0 Å². The minimum absolute atomic E-state index is 0.156. The number of amides is 1. The first-order chi connectivity index (χ1) is 14.5. The van der Waals surface area contributed by atoms with Gasteiger partial charge in [0.15, 0.2) is 10.8 Å². The maximum Gasteiger partial charge on any atom is 0.278 e. The number of aromatic nitrogens is 3. The Bertz CT molecular complexity index is 1310. The van der Waals surface area contributed by atoms with Crippen LogP contribution in [0, 0.1) is 0 Å². The zero-order valence-electron chi connectivity index (χ0n) is 16.5. The number of ether oxygens (including phenoxy) is 2. The van der Waals surface area contributed by atoms with E-state index < -0.39 is 5.91 Å². The van der Waals surface area contributed by atoms with Crippen LogP contribution in [-0.4, -0.2) is 34.9 Å². The van der Waals surface area contributed by atoms with Gasteiger partial charge in [-0.25, -0.2) is 9.67 Å². The Morgan fingerprint density at radius 1 is 1.10 bits per heavy atom. The van der Waals surface area contributed by atoms with Crippen molar-refractivity contribution in [2.45, 2.75) is 0 Å². The molecule has 152 valence electrons. The van der Waals surface area contributed by atoms with Gasteiger partial charge < -0.3 is 9.47 Å². The van der Waals surface area contributed by atoms with Gasteiger partial charge in [0.25, 0.3) is 11.5 Å². The number of thiazole rings is 1. The van der Waals surface area contributed by atoms with E-state index in [1.165, 1.54) is 18.4 Å². The molecule has 0 fully saturated rings. The molecule has 0 saturated heterocycles. The lowest BCUT2D eigenvalue weighted by Crippen LogP contribution is -2.25. The lowest BCUT2D eigenvalue weighted by molar-refractivity contribution is 0.102. The number of methoxy groups -OCH3 is 2. The van der Waals surface area contributed by atoms with Crippen LogP contribution in [0.4, 0.5) is 5.13 Å². The van der Waals surface area contributed by atoms with E-state index in [1.807, 2.05) is 11.4 Å². The monoisotopic (exact) mass is 422 g/mol. The number of rotatable bonds is 5. The van der Waals surface area contributed by atoms with Gasteiger partial charge in [0.05, 0.1) is 25.3 Å². The third-order valence-electron chi connectivity index (χ3n) is 4.58. The minimum atomic E-state index is -0.444. The second kappa shape index (κ2) is 7.96. The maximum atomic E-state index is 12.9. The number of benzene rings is 2. The molecule has 1 N–H and O–H groups in total. The highest BCUT2D eigenvalue weighted by Crippen LogP contribution is 2.35. The molecule has 0 aliphatic carbocycles. The average molecular weight is 422 g/mol. The summed E-state index contributed by atoms with van der Waals surface area (Å²) < 4.78 is 11.9. The van der Waals surface area contributed by atoms with Gasteiger partial charge in [-0.2, -0.15) is 5.10 Å². The smallest absolute Gasteiger partial charge is 0.278 e. The van der Waals surface area contributed by atoms with Gasteiger partial charge in [-0.3, -0.25) is 14.9 Å². The van der Waals surface area contributed by atoms with Crippen molar-refractivity contribution in [3.05, 3.63) is 63.9 Å². The zero-order chi connectivity index (χ0) is 21.3. The molecule has 9 heteroatoms. The molecule has 0 atom stereocenters. The summed E-state index contributed by atoms with van der Waals surface area (Å²) in [5.41, 5.74) is 1.29. The number of anilines is 1. The Morgan fingerprint density at radius 2 is 1.87 bits per heavy atom. The number of hydrogen-bond acceptors (Lipinski definition) is 7. The lowest BCUT2D eigenvalue weighted by atomic mass is 10.1. The Balaban J connectivity index is 1.67. The molecule has 30 heavy (non-hydrogen) atoms. The largest absolute Gasteiger partial charge is 0.497 e. The van der Waals surface area contributed by atoms with Crippen LogP contribution in [0.5, 0.6) is 11.5 Å². The molecule has 0 radical (unpaired) electrons. The number of nitrogens with one attached hydrogen (secondary N) is 1. The molecule has 4 rings (SSSR count). The summed E-state index contributed by atoms with van der Waals surface area (Å²) in [5, 5.41) is 10.1. The quantitative estimate of drug-likeness (QED) is 0.530. The first kappa shape index (κ1) is 19.6. The molecular formula is C21H18N4O4S. The molecule has 0 saturated carbocycles. The summed E-state index contributed by atoms with van der Waals surface area (Å²) in [7, 11) is 4.68. The van der Waals surface area contributed by atoms with Crippen LogP contribution in [-0.2, 0) is 7.05 Å². The van der Waals surface area contributed by atoms with Crippen molar-refractivity contribution in [1.82, 2.24) is 14.8 Å². The van der Waals surface area contributed by atoms with Gasteiger partial charge in [0.2, 0.25) is 0 Å². The molecular weight excluding hydrogens is 404 g/mol. The number of carbonyl (C=O) groups is 1. The number of fused-ring (bicyclic) bond motifs is 1. The van der Waals surface area contributed by atoms with Crippen molar-refractivity contribution in [2.75, 3.05) is 19.5 Å². The van der Waals surface area contributed by atoms with Gasteiger partial charge in [-0.15, -0.1) is 11.3 Å². The fourth-order valence-electron chi connectivity index (χ4n) is 3.09. The number of aryl methyl sites for hydroxylation is 1. The highest BCUT2D eigenvalue weighted by molar-refractivity contribution is 7.14. The van der Waals surface area contributed by atoms with E-state index in [-0.39, 0.29) is 11.3 Å². The first-order valence-electron chi connectivity index (χ1n) is 8.97. The molecule has 0 bridgehead atoms. The molecule has 2 heterocycles. The molecule has 2 aromatic heterocycles. The Kier molecular flexibility index (Phi) is 5.20. The van der Waals surface area contributed by atoms with E-state index in [0.717, 1.165) is 10.2 Å². The van der Waals surface area contributed by atoms with Gasteiger partial charge in [0.1, 0.15) is 11.5 Å². The number of nitrogens with zero attached hydrogens (tertiary/aromatic N) is 3. The lowest BCUT2D eigenvalue weighted by Gasteiger charge is -2.08. The minimum Gasteiger partial charge on any atom is -0.497 e. The standard InChI is InChI=1S/C21H18N4O4S/c1-25-20(27)14-7-5-4-6-13(14)18(24-25)19(26)23-21-22-16(11-30-21)15-10-12(28-2)8-9-17(15)29-3/h4-11H,1-3H3,(H,22,23,26). The molecule has 1 amide bonds. The topological polar surface area (TPSA) is 95.3 Å². The Morgan fingerprint density at radius 3 is 2.60 bits per heavy atom. The van der Waals surface area contributed by atoms with E-state index in [9.17, 15) is 9.59 Å². The van der Waals surface area contributed by atoms with Crippen molar-refractivity contribution >= 4 is 33.1 Å². The molecule has 0 unspecified atom stereocenters. The molecule has 0 spiro atoms. The predicted molar refractivity (Wildman–Crippen MR) is 116 cm³/mol. The number of hydrogen-bond donors (Lipinski definition) is 1. The van der Waals surface area contributed by atoms with Crippen molar-refractivity contribution in [3.8, 4) is 22.8 Å². The Labute approximate surface area is 175 Å². The first-order valence-corrected chi connectivity index (χ1v) is 9.85. The van der Waals surface area contributed by atoms with E-state index in [0.29, 0.717) is 33.1 Å². The van der Waals surface area contributed by atoms with E-state index in [2.05, 4.69) is 15.4 Å². The molecule has 8 nitrogen and oxygen atoms in total. The van der Waals surface area contributed by atoms with Crippen molar-refractivity contribution in [3.63, 3.8) is 0 Å². The Hall–Kier alpha value is -3.72. The second-order valence-electron chi connectivity index (χ2n) is 6.38. The normalized spacial score (nSPS) is 10.8. The highest BCUT2D eigenvalue weighted by Gasteiger charge is 2.18. The zero-order valence-corrected chi connectivity index (χ0v) is 17.3. The summed E-state index contributed by atoms with van der Waals surface area (Å²) in [6.07, 6.45) is 0. The van der Waals surface area contributed by atoms with Gasteiger partial charge in [0, 0.05) is 23.4 Å². The van der Waals surface area contributed by atoms with Crippen LogP contribution < -0.4 is 20.3 Å². The van der Waals surface area contributed by atoms with Crippen LogP contribution in [0.3, 0.4) is 0 Å². The van der Waals surface area contributed by atoms with Gasteiger partial charge in [-0.1, -0.05) is 18.2 Å². The SMILES string of the molecule is COc1ccc(OC)c(-c2csc(NC(=O)c3nn(C)c(=O)c4ccccc34)n2)c1. The fourth-order valence-corrected chi connectivity index (χ4v) is 3.80. The fraction of sp³-hybridized carbons (Fsp3) is 0.143. The molecule has 2 aromatic carbocycles. The second-order valence-corrected chi connectivity index (χ2v) is 7.24. The van der Waals surface area contributed by atoms with Crippen LogP contribution in [0.15, 0.2) is 52.6 Å². The third-order valence-corrected chi connectivity index (χ3v) is 5.34. The van der Waals surface area contributed by atoms with Crippen LogP contribution >= 0.6 is 11.3 Å². The summed E-state index contributed by atoms with van der Waals surface area (Å²) in [6.45, 7) is 0. The molecule has 0 aliphatic heterocycles. The van der Waals surface area contributed by atoms with Crippen molar-refractivity contribution < 1.29 is 14.3 Å². The summed E-state index contributed by atoms with van der Waals surface area (Å²) in [6, 6.07) is 12.3. The van der Waals surface area contributed by atoms with Crippen molar-refractivity contribution in [2.24, 2.45) is 7.05 Å². The van der Waals surface area contributed by atoms with Crippen LogP contribution in [0.1, 0.15) is 10.5 Å².